The third kappa shape index (κ3) is 3.71. The number of carbonyl (C=O) groups excluding carboxylic acids is 1. The van der Waals surface area contributed by atoms with Crippen LogP contribution in [0, 0.1) is 6.92 Å². The van der Waals surface area contributed by atoms with Crippen molar-refractivity contribution in [2.45, 2.75) is 11.8 Å². The van der Waals surface area contributed by atoms with Gasteiger partial charge < -0.3 is 10.1 Å². The fourth-order valence-electron chi connectivity index (χ4n) is 1.87. The van der Waals surface area contributed by atoms with E-state index in [0.29, 0.717) is 22.0 Å². The SMILES string of the molecule is COc1cc(Cl)c(C)cc1NC(=O)c1ccc(SC)cc1. The molecule has 0 fully saturated rings. The first-order chi connectivity index (χ1) is 10.0. The third-order valence-electron chi connectivity index (χ3n) is 3.08. The summed E-state index contributed by atoms with van der Waals surface area (Å²) < 4.78 is 5.25. The number of hydrogen-bond donors (Lipinski definition) is 1. The first-order valence-electron chi connectivity index (χ1n) is 6.34. The van der Waals surface area contributed by atoms with E-state index in [0.717, 1.165) is 10.5 Å². The normalized spacial score (nSPS) is 10.3. The Bertz CT molecular complexity index is 656. The second-order valence-electron chi connectivity index (χ2n) is 4.48. The predicted molar refractivity (Wildman–Crippen MR) is 88.9 cm³/mol. The maximum Gasteiger partial charge on any atom is 0.255 e. The minimum Gasteiger partial charge on any atom is -0.495 e. The van der Waals surface area contributed by atoms with Crippen molar-refractivity contribution in [2.75, 3.05) is 18.7 Å². The number of aryl methyl sites for hydroxylation is 1. The maximum atomic E-state index is 12.3. The molecule has 0 radical (unpaired) electrons. The summed E-state index contributed by atoms with van der Waals surface area (Å²) in [4.78, 5) is 13.4. The molecule has 5 heteroatoms. The number of hydrogen-bond acceptors (Lipinski definition) is 3. The van der Waals surface area contributed by atoms with Gasteiger partial charge in [0, 0.05) is 21.5 Å². The molecular formula is C16H16ClNO2S. The van der Waals surface area contributed by atoms with Crippen LogP contribution < -0.4 is 10.1 Å². The summed E-state index contributed by atoms with van der Waals surface area (Å²) in [5, 5.41) is 3.46. The number of rotatable bonds is 4. The fourth-order valence-corrected chi connectivity index (χ4v) is 2.43. The molecule has 0 spiro atoms. The van der Waals surface area contributed by atoms with Gasteiger partial charge in [0.15, 0.2) is 0 Å². The van der Waals surface area contributed by atoms with Crippen LogP contribution in [0.15, 0.2) is 41.3 Å². The monoisotopic (exact) mass is 321 g/mol. The second-order valence-corrected chi connectivity index (χ2v) is 5.77. The smallest absolute Gasteiger partial charge is 0.255 e. The number of anilines is 1. The Hall–Kier alpha value is -1.65. The lowest BCUT2D eigenvalue weighted by molar-refractivity contribution is 0.102. The summed E-state index contributed by atoms with van der Waals surface area (Å²) in [7, 11) is 1.55. The molecule has 21 heavy (non-hydrogen) atoms. The molecule has 0 heterocycles. The van der Waals surface area contributed by atoms with E-state index in [9.17, 15) is 4.79 Å². The Morgan fingerprint density at radius 3 is 2.48 bits per heavy atom. The number of carbonyl (C=O) groups is 1. The van der Waals surface area contributed by atoms with E-state index in [-0.39, 0.29) is 5.91 Å². The molecule has 2 rings (SSSR count). The maximum absolute atomic E-state index is 12.3. The highest BCUT2D eigenvalue weighted by Crippen LogP contribution is 2.31. The second kappa shape index (κ2) is 6.87. The molecule has 2 aromatic carbocycles. The van der Waals surface area contributed by atoms with E-state index in [4.69, 9.17) is 16.3 Å². The van der Waals surface area contributed by atoms with Gasteiger partial charge in [-0.05, 0) is 49.1 Å². The van der Waals surface area contributed by atoms with E-state index < -0.39 is 0 Å². The van der Waals surface area contributed by atoms with Gasteiger partial charge in [-0.25, -0.2) is 0 Å². The number of benzene rings is 2. The zero-order valence-electron chi connectivity index (χ0n) is 12.1. The molecule has 0 aliphatic heterocycles. The van der Waals surface area contributed by atoms with E-state index >= 15 is 0 Å². The summed E-state index contributed by atoms with van der Waals surface area (Å²) in [6, 6.07) is 10.9. The molecule has 0 aromatic heterocycles. The predicted octanol–water partition coefficient (Wildman–Crippen LogP) is 4.63. The van der Waals surface area contributed by atoms with Gasteiger partial charge in [-0.2, -0.15) is 0 Å². The van der Waals surface area contributed by atoms with Gasteiger partial charge in [0.25, 0.3) is 5.91 Å². The average molecular weight is 322 g/mol. The van der Waals surface area contributed by atoms with Gasteiger partial charge in [0.05, 0.1) is 12.8 Å². The number of nitrogens with one attached hydrogen (secondary N) is 1. The van der Waals surface area contributed by atoms with E-state index in [1.807, 2.05) is 25.3 Å². The first kappa shape index (κ1) is 15.7. The molecule has 1 amide bonds. The molecule has 1 N–H and O–H groups in total. The van der Waals surface area contributed by atoms with Crippen molar-refractivity contribution in [1.82, 2.24) is 0 Å². The van der Waals surface area contributed by atoms with Crippen molar-refractivity contribution in [3.63, 3.8) is 0 Å². The van der Waals surface area contributed by atoms with E-state index in [1.54, 1.807) is 43.1 Å². The van der Waals surface area contributed by atoms with Crippen molar-refractivity contribution in [2.24, 2.45) is 0 Å². The number of amides is 1. The Balaban J connectivity index is 2.24. The van der Waals surface area contributed by atoms with Crippen LogP contribution >= 0.6 is 23.4 Å². The lowest BCUT2D eigenvalue weighted by atomic mass is 10.1. The van der Waals surface area contributed by atoms with Gasteiger partial charge in [0.1, 0.15) is 5.75 Å². The summed E-state index contributed by atoms with van der Waals surface area (Å²) in [6.45, 7) is 1.88. The number of thioether (sulfide) groups is 1. The number of methoxy groups -OCH3 is 1. The molecule has 0 unspecified atom stereocenters. The van der Waals surface area contributed by atoms with Crippen LogP contribution in [0.5, 0.6) is 5.75 Å². The Morgan fingerprint density at radius 2 is 1.90 bits per heavy atom. The molecule has 110 valence electrons. The van der Waals surface area contributed by atoms with Crippen LogP contribution in [0.25, 0.3) is 0 Å². The van der Waals surface area contributed by atoms with Crippen LogP contribution in [0.3, 0.4) is 0 Å². The number of ether oxygens (including phenoxy) is 1. The van der Waals surface area contributed by atoms with Crippen LogP contribution in [-0.4, -0.2) is 19.3 Å². The highest BCUT2D eigenvalue weighted by Gasteiger charge is 2.11. The van der Waals surface area contributed by atoms with Crippen LogP contribution in [-0.2, 0) is 0 Å². The van der Waals surface area contributed by atoms with Crippen LogP contribution in [0.4, 0.5) is 5.69 Å². The molecule has 2 aromatic rings. The summed E-state index contributed by atoms with van der Waals surface area (Å²) >= 11 is 7.69. The molecule has 3 nitrogen and oxygen atoms in total. The van der Waals surface area contributed by atoms with Crippen molar-refractivity contribution >= 4 is 35.0 Å². The summed E-state index contributed by atoms with van der Waals surface area (Å²) in [5.74, 6) is 0.363. The van der Waals surface area contributed by atoms with Crippen LogP contribution in [0.2, 0.25) is 5.02 Å². The molecule has 0 atom stereocenters. The van der Waals surface area contributed by atoms with Gasteiger partial charge >= 0.3 is 0 Å². The summed E-state index contributed by atoms with van der Waals surface area (Å²) in [6.07, 6.45) is 2.00. The lowest BCUT2D eigenvalue weighted by Crippen LogP contribution is -2.12. The quantitative estimate of drug-likeness (QED) is 0.834. The Kier molecular flexibility index (Phi) is 5.15. The minimum atomic E-state index is -0.178. The van der Waals surface area contributed by atoms with E-state index in [2.05, 4.69) is 5.32 Å². The zero-order chi connectivity index (χ0) is 15.4. The molecule has 0 saturated carbocycles. The summed E-state index contributed by atoms with van der Waals surface area (Å²) in [5.41, 5.74) is 2.09. The van der Waals surface area contributed by atoms with Gasteiger partial charge in [-0.1, -0.05) is 11.6 Å². The molecular weight excluding hydrogens is 306 g/mol. The van der Waals surface area contributed by atoms with Crippen molar-refractivity contribution < 1.29 is 9.53 Å². The average Bonchev–Trinajstić information content (AvgIpc) is 2.50. The highest BCUT2D eigenvalue weighted by molar-refractivity contribution is 7.98. The van der Waals surface area contributed by atoms with Crippen LogP contribution in [0.1, 0.15) is 15.9 Å². The Morgan fingerprint density at radius 1 is 1.24 bits per heavy atom. The standard InChI is InChI=1S/C16H16ClNO2S/c1-10-8-14(15(20-2)9-13(10)17)18-16(19)11-4-6-12(21-3)7-5-11/h4-9H,1-3H3,(H,18,19). The topological polar surface area (TPSA) is 38.3 Å². The molecule has 0 bridgehead atoms. The van der Waals surface area contributed by atoms with Crippen molar-refractivity contribution in [3.05, 3.63) is 52.5 Å². The largest absolute Gasteiger partial charge is 0.495 e. The molecule has 0 saturated heterocycles. The fraction of sp³-hybridized carbons (Fsp3) is 0.188. The third-order valence-corrected chi connectivity index (χ3v) is 4.23. The lowest BCUT2D eigenvalue weighted by Gasteiger charge is -2.12. The van der Waals surface area contributed by atoms with Gasteiger partial charge in [-0.3, -0.25) is 4.79 Å². The Labute approximate surface area is 133 Å². The first-order valence-corrected chi connectivity index (χ1v) is 7.95. The van der Waals surface area contributed by atoms with Crippen molar-refractivity contribution in [3.8, 4) is 5.75 Å². The highest BCUT2D eigenvalue weighted by atomic mass is 35.5. The zero-order valence-corrected chi connectivity index (χ0v) is 13.6. The van der Waals surface area contributed by atoms with E-state index in [1.165, 1.54) is 0 Å². The molecule has 0 aliphatic carbocycles. The van der Waals surface area contributed by atoms with Gasteiger partial charge in [0.2, 0.25) is 0 Å². The van der Waals surface area contributed by atoms with Gasteiger partial charge in [-0.15, -0.1) is 11.8 Å². The van der Waals surface area contributed by atoms with Crippen molar-refractivity contribution in [1.29, 1.82) is 0 Å². The molecule has 0 aliphatic rings. The minimum absolute atomic E-state index is 0.178. The number of halogens is 1.